The topological polar surface area (TPSA) is 63.6 Å². The van der Waals surface area contributed by atoms with Gasteiger partial charge in [0.25, 0.3) is 0 Å². The molecule has 4 aliphatic carbocycles. The van der Waals surface area contributed by atoms with E-state index < -0.39 is 6.10 Å². The van der Waals surface area contributed by atoms with Crippen LogP contribution in [-0.4, -0.2) is 29.1 Å². The summed E-state index contributed by atoms with van der Waals surface area (Å²) < 4.78 is 5.97. The molecule has 0 radical (unpaired) electrons. The van der Waals surface area contributed by atoms with Gasteiger partial charge in [-0.15, -0.1) is 0 Å². The Hall–Kier alpha value is -1.16. The second-order valence-corrected chi connectivity index (χ2v) is 14.9. The van der Waals surface area contributed by atoms with Crippen molar-refractivity contribution < 1.29 is 19.4 Å². The molecule has 234 valence electrons. The van der Waals surface area contributed by atoms with Crippen molar-refractivity contribution in [2.24, 2.45) is 28.6 Å². The molecule has 41 heavy (non-hydrogen) atoms. The molecule has 1 N–H and O–H groups in total. The number of Topliss-reactive ketones (excluding diaryl/α,β-unsaturated/α-hetero) is 1. The lowest BCUT2D eigenvalue weighted by atomic mass is 9.47. The molecule has 4 aliphatic rings. The van der Waals surface area contributed by atoms with Gasteiger partial charge in [-0.25, -0.2) is 0 Å². The maximum absolute atomic E-state index is 12.7. The van der Waals surface area contributed by atoms with Crippen LogP contribution in [0.5, 0.6) is 0 Å². The molecular weight excluding hydrogens is 508 g/mol. The van der Waals surface area contributed by atoms with Crippen molar-refractivity contribution in [3.8, 4) is 0 Å². The van der Waals surface area contributed by atoms with E-state index in [4.69, 9.17) is 4.74 Å². The van der Waals surface area contributed by atoms with Crippen molar-refractivity contribution in [3.63, 3.8) is 0 Å². The Morgan fingerprint density at radius 1 is 0.805 bits per heavy atom. The van der Waals surface area contributed by atoms with Crippen LogP contribution >= 0.6 is 0 Å². The number of aliphatic hydroxyl groups excluding tert-OH is 1. The molecule has 0 bridgehead atoms. The number of esters is 1. The van der Waals surface area contributed by atoms with Crippen molar-refractivity contribution in [1.82, 2.24) is 0 Å². The summed E-state index contributed by atoms with van der Waals surface area (Å²) in [7, 11) is 0. The first-order valence-corrected chi connectivity index (χ1v) is 17.9. The summed E-state index contributed by atoms with van der Waals surface area (Å²) >= 11 is 0. The van der Waals surface area contributed by atoms with Crippen LogP contribution in [-0.2, 0) is 14.3 Å². The summed E-state index contributed by atoms with van der Waals surface area (Å²) in [5, 5.41) is 11.3. The van der Waals surface area contributed by atoms with Crippen molar-refractivity contribution in [2.75, 3.05) is 0 Å². The van der Waals surface area contributed by atoms with Crippen LogP contribution in [0.1, 0.15) is 168 Å². The van der Waals surface area contributed by atoms with Crippen LogP contribution in [0, 0.1) is 28.6 Å². The highest BCUT2D eigenvalue weighted by molar-refractivity contribution is 5.87. The van der Waals surface area contributed by atoms with Gasteiger partial charge in [-0.05, 0) is 61.7 Å². The van der Waals surface area contributed by atoms with E-state index in [1.807, 2.05) is 0 Å². The minimum atomic E-state index is -0.478. The number of carbonyl (C=O) groups is 2. The Morgan fingerprint density at radius 2 is 1.34 bits per heavy atom. The fourth-order valence-corrected chi connectivity index (χ4v) is 9.37. The van der Waals surface area contributed by atoms with E-state index in [1.54, 1.807) is 0 Å². The van der Waals surface area contributed by atoms with Gasteiger partial charge in [-0.3, -0.25) is 9.59 Å². The number of aliphatic hydroxyl groups is 1. The molecule has 0 aromatic carbocycles. The molecular formula is C37H62O4. The van der Waals surface area contributed by atoms with Gasteiger partial charge in [0.2, 0.25) is 0 Å². The maximum atomic E-state index is 12.7. The van der Waals surface area contributed by atoms with Gasteiger partial charge in [0.15, 0.2) is 0 Å². The second-order valence-electron chi connectivity index (χ2n) is 14.9. The standard InChI is InChI=1S/C37H62O4/c1-4-5-6-7-8-9-10-11-12-13-14-15-16-17-18-19-34(40)41-29-22-24-36(2)28(26-29)27-32(38)35-30-20-21-33(39)37(30,3)25-23-31(35)36/h27,29-32,35,38H,4-26H2,1-3H3/t29-,30?,31?,32+,35?,36-,37-/m0/s1. The Bertz CT molecular complexity index is 878. The Morgan fingerprint density at radius 3 is 1.95 bits per heavy atom. The van der Waals surface area contributed by atoms with E-state index in [0.29, 0.717) is 30.5 Å². The van der Waals surface area contributed by atoms with E-state index in [-0.39, 0.29) is 28.8 Å². The van der Waals surface area contributed by atoms with Gasteiger partial charge in [-0.2, -0.15) is 0 Å². The van der Waals surface area contributed by atoms with Crippen molar-refractivity contribution in [3.05, 3.63) is 11.6 Å². The number of hydrogen-bond acceptors (Lipinski definition) is 4. The fourth-order valence-electron chi connectivity index (χ4n) is 9.37. The molecule has 3 saturated carbocycles. The summed E-state index contributed by atoms with van der Waals surface area (Å²) in [6.45, 7) is 6.82. The third-order valence-electron chi connectivity index (χ3n) is 12.1. The molecule has 0 aliphatic heterocycles. The quantitative estimate of drug-likeness (QED) is 0.107. The van der Waals surface area contributed by atoms with Crippen LogP contribution in [0.25, 0.3) is 0 Å². The molecule has 0 spiro atoms. The molecule has 3 fully saturated rings. The van der Waals surface area contributed by atoms with Crippen LogP contribution in [0.4, 0.5) is 0 Å². The minimum Gasteiger partial charge on any atom is -0.462 e. The first-order valence-electron chi connectivity index (χ1n) is 17.9. The summed E-state index contributed by atoms with van der Waals surface area (Å²) in [6, 6.07) is 0. The van der Waals surface area contributed by atoms with E-state index in [9.17, 15) is 14.7 Å². The number of unbranched alkanes of at least 4 members (excludes halogenated alkanes) is 14. The molecule has 0 heterocycles. The largest absolute Gasteiger partial charge is 0.462 e. The minimum absolute atomic E-state index is 0.0407. The van der Waals surface area contributed by atoms with Crippen molar-refractivity contribution in [1.29, 1.82) is 0 Å². The summed E-state index contributed by atoms with van der Waals surface area (Å²) in [6.07, 6.45) is 28.3. The number of hydrogen-bond donors (Lipinski definition) is 1. The van der Waals surface area contributed by atoms with Gasteiger partial charge in [0.05, 0.1) is 6.10 Å². The Balaban J connectivity index is 1.08. The summed E-state index contributed by atoms with van der Waals surface area (Å²) in [5.41, 5.74) is 1.13. The second kappa shape index (κ2) is 15.5. The molecule has 4 rings (SSSR count). The predicted molar refractivity (Wildman–Crippen MR) is 168 cm³/mol. The third kappa shape index (κ3) is 8.07. The molecule has 0 saturated heterocycles. The summed E-state index contributed by atoms with van der Waals surface area (Å²) in [4.78, 5) is 25.3. The lowest BCUT2D eigenvalue weighted by Crippen LogP contribution is -2.54. The molecule has 0 aromatic rings. The van der Waals surface area contributed by atoms with Gasteiger partial charge in [-0.1, -0.05) is 122 Å². The molecule has 3 unspecified atom stereocenters. The molecule has 0 aromatic heterocycles. The van der Waals surface area contributed by atoms with Gasteiger partial charge in [0, 0.05) is 24.7 Å². The first-order chi connectivity index (χ1) is 19.8. The zero-order chi connectivity index (χ0) is 29.3. The van der Waals surface area contributed by atoms with Crippen LogP contribution in [0.3, 0.4) is 0 Å². The monoisotopic (exact) mass is 570 g/mol. The number of carbonyl (C=O) groups excluding carboxylic acids is 2. The zero-order valence-corrected chi connectivity index (χ0v) is 26.9. The molecule has 7 atom stereocenters. The third-order valence-corrected chi connectivity index (χ3v) is 12.1. The highest BCUT2D eigenvalue weighted by atomic mass is 16.5. The average Bonchev–Trinajstić information content (AvgIpc) is 3.25. The number of ether oxygens (including phenoxy) is 1. The molecule has 4 heteroatoms. The first kappa shape index (κ1) is 32.7. The average molecular weight is 571 g/mol. The van der Waals surface area contributed by atoms with Crippen molar-refractivity contribution >= 4 is 11.8 Å². The number of fused-ring (bicyclic) bond motifs is 5. The van der Waals surface area contributed by atoms with Crippen LogP contribution < -0.4 is 0 Å². The maximum Gasteiger partial charge on any atom is 0.306 e. The van der Waals surface area contributed by atoms with E-state index in [0.717, 1.165) is 51.4 Å². The molecule has 0 amide bonds. The van der Waals surface area contributed by atoms with E-state index in [2.05, 4.69) is 26.8 Å². The highest BCUT2D eigenvalue weighted by Crippen LogP contribution is 2.64. The van der Waals surface area contributed by atoms with E-state index in [1.165, 1.54) is 89.0 Å². The lowest BCUT2D eigenvalue weighted by molar-refractivity contribution is -0.152. The Kier molecular flexibility index (Phi) is 12.4. The number of rotatable bonds is 17. The SMILES string of the molecule is CCCCCCCCCCCCCCCCCC(=O)O[C@H]1CC[C@@]2(C)C(=C[C@@H](O)C3C2CC[C@]2(C)C(=O)CCC32)C1. The lowest BCUT2D eigenvalue weighted by Gasteiger charge is -2.58. The van der Waals surface area contributed by atoms with Gasteiger partial charge >= 0.3 is 5.97 Å². The predicted octanol–water partition coefficient (Wildman–Crippen LogP) is 9.66. The van der Waals surface area contributed by atoms with Crippen LogP contribution in [0.2, 0.25) is 0 Å². The Labute approximate surface area is 251 Å². The van der Waals surface area contributed by atoms with Gasteiger partial charge < -0.3 is 9.84 Å². The summed E-state index contributed by atoms with van der Waals surface area (Å²) in [5.74, 6) is 1.30. The fraction of sp³-hybridized carbons (Fsp3) is 0.892. The number of ketones is 1. The normalized spacial score (nSPS) is 34.5. The zero-order valence-electron chi connectivity index (χ0n) is 26.9. The smallest absolute Gasteiger partial charge is 0.306 e. The van der Waals surface area contributed by atoms with E-state index >= 15 is 0 Å². The van der Waals surface area contributed by atoms with Gasteiger partial charge in [0.1, 0.15) is 11.9 Å². The van der Waals surface area contributed by atoms with Crippen LogP contribution in [0.15, 0.2) is 11.6 Å². The highest BCUT2D eigenvalue weighted by Gasteiger charge is 2.60. The van der Waals surface area contributed by atoms with Crippen molar-refractivity contribution in [2.45, 2.75) is 181 Å². The molecule has 4 nitrogen and oxygen atoms in total.